The maximum atomic E-state index is 6.16. The first-order valence-electron chi connectivity index (χ1n) is 9.27. The fraction of sp³-hybridized carbons (Fsp3) is 0.550. The van der Waals surface area contributed by atoms with Crippen molar-refractivity contribution in [3.05, 3.63) is 53.7 Å². The summed E-state index contributed by atoms with van der Waals surface area (Å²) >= 11 is 0. The standard InChI is InChI=1S/C20H26N2O3/c1-2-16-5-6-17(25-16)13-22-10-11-23-20-18(22)7-8-19(20)24-14-15-4-3-9-21-12-15/h3-6,9,12,18-20H,2,7-8,10-11,13-14H2,1H3/t18-,19+,20+/m0/s1. The van der Waals surface area contributed by atoms with Crippen molar-refractivity contribution in [2.45, 2.75) is 57.6 Å². The topological polar surface area (TPSA) is 47.7 Å². The highest BCUT2D eigenvalue weighted by molar-refractivity contribution is 5.09. The molecule has 2 fully saturated rings. The van der Waals surface area contributed by atoms with Gasteiger partial charge in [-0.15, -0.1) is 0 Å². The van der Waals surface area contributed by atoms with Gasteiger partial charge in [-0.25, -0.2) is 0 Å². The highest BCUT2D eigenvalue weighted by atomic mass is 16.5. The number of aryl methyl sites for hydroxylation is 1. The van der Waals surface area contributed by atoms with Gasteiger partial charge in [0.05, 0.1) is 32.0 Å². The van der Waals surface area contributed by atoms with E-state index >= 15 is 0 Å². The molecule has 3 atom stereocenters. The molecule has 0 N–H and O–H groups in total. The number of morpholine rings is 1. The van der Waals surface area contributed by atoms with Crippen LogP contribution in [-0.2, 0) is 29.0 Å². The Balaban J connectivity index is 1.36. The number of hydrogen-bond donors (Lipinski definition) is 0. The van der Waals surface area contributed by atoms with Gasteiger partial charge in [0.1, 0.15) is 11.5 Å². The summed E-state index contributed by atoms with van der Waals surface area (Å²) in [4.78, 5) is 6.65. The number of aromatic nitrogens is 1. The van der Waals surface area contributed by atoms with Gasteiger partial charge in [-0.3, -0.25) is 9.88 Å². The molecule has 4 rings (SSSR count). The Hall–Kier alpha value is -1.69. The van der Waals surface area contributed by atoms with Crippen LogP contribution in [0, 0.1) is 0 Å². The summed E-state index contributed by atoms with van der Waals surface area (Å²) in [6.45, 7) is 5.30. The van der Waals surface area contributed by atoms with E-state index < -0.39 is 0 Å². The van der Waals surface area contributed by atoms with Crippen molar-refractivity contribution in [1.29, 1.82) is 0 Å². The Kier molecular flexibility index (Phi) is 5.15. The van der Waals surface area contributed by atoms with Gasteiger partial charge in [0.15, 0.2) is 0 Å². The van der Waals surface area contributed by atoms with E-state index in [2.05, 4.69) is 35.0 Å². The molecule has 0 unspecified atom stereocenters. The molecular weight excluding hydrogens is 316 g/mol. The molecule has 1 aliphatic carbocycles. The summed E-state index contributed by atoms with van der Waals surface area (Å²) in [6.07, 6.45) is 7.08. The molecule has 2 aliphatic rings. The van der Waals surface area contributed by atoms with Crippen LogP contribution in [-0.4, -0.2) is 41.3 Å². The molecule has 5 nitrogen and oxygen atoms in total. The molecule has 3 heterocycles. The number of furan rings is 1. The van der Waals surface area contributed by atoms with Crippen LogP contribution in [0.25, 0.3) is 0 Å². The van der Waals surface area contributed by atoms with Gasteiger partial charge in [0.2, 0.25) is 0 Å². The molecule has 0 bridgehead atoms. The fourth-order valence-corrected chi connectivity index (χ4v) is 3.95. The van der Waals surface area contributed by atoms with Crippen LogP contribution in [0.5, 0.6) is 0 Å². The Labute approximate surface area is 148 Å². The van der Waals surface area contributed by atoms with Crippen molar-refractivity contribution in [2.24, 2.45) is 0 Å². The van der Waals surface area contributed by atoms with E-state index in [0.717, 1.165) is 56.0 Å². The number of hydrogen-bond acceptors (Lipinski definition) is 5. The third-order valence-corrected chi connectivity index (χ3v) is 5.26. The predicted molar refractivity (Wildman–Crippen MR) is 94.1 cm³/mol. The number of nitrogens with zero attached hydrogens (tertiary/aromatic N) is 2. The maximum absolute atomic E-state index is 6.16. The highest BCUT2D eigenvalue weighted by Gasteiger charge is 2.43. The minimum atomic E-state index is 0.158. The molecule has 1 saturated carbocycles. The Morgan fingerprint density at radius 3 is 2.96 bits per heavy atom. The average Bonchev–Trinajstić information content (AvgIpc) is 3.28. The van der Waals surface area contributed by atoms with Gasteiger partial charge in [-0.2, -0.15) is 0 Å². The minimum Gasteiger partial charge on any atom is -0.465 e. The van der Waals surface area contributed by atoms with E-state index in [0.29, 0.717) is 12.6 Å². The SMILES string of the molecule is CCc1ccc(CN2CCO[C@H]3[C@H](OCc4cccnc4)CC[C@@H]32)o1. The van der Waals surface area contributed by atoms with E-state index in [-0.39, 0.29) is 12.2 Å². The Morgan fingerprint density at radius 1 is 1.24 bits per heavy atom. The second-order valence-electron chi connectivity index (χ2n) is 6.88. The third kappa shape index (κ3) is 3.78. The lowest BCUT2D eigenvalue weighted by molar-refractivity contribution is -0.119. The van der Waals surface area contributed by atoms with Crippen molar-refractivity contribution in [1.82, 2.24) is 9.88 Å². The molecule has 2 aromatic rings. The van der Waals surface area contributed by atoms with Gasteiger partial charge in [0.25, 0.3) is 0 Å². The molecule has 0 aromatic carbocycles. The molecule has 1 aliphatic heterocycles. The van der Waals surface area contributed by atoms with Crippen LogP contribution in [0.3, 0.4) is 0 Å². The van der Waals surface area contributed by atoms with Crippen molar-refractivity contribution in [3.63, 3.8) is 0 Å². The lowest BCUT2D eigenvalue weighted by Gasteiger charge is -2.38. The Morgan fingerprint density at radius 2 is 2.16 bits per heavy atom. The van der Waals surface area contributed by atoms with Crippen molar-refractivity contribution >= 4 is 0 Å². The summed E-state index contributed by atoms with van der Waals surface area (Å²) in [6, 6.07) is 8.61. The van der Waals surface area contributed by atoms with Crippen LogP contribution >= 0.6 is 0 Å². The van der Waals surface area contributed by atoms with Gasteiger partial charge in [-0.05, 0) is 36.6 Å². The van der Waals surface area contributed by atoms with Crippen molar-refractivity contribution in [2.75, 3.05) is 13.2 Å². The average molecular weight is 342 g/mol. The zero-order chi connectivity index (χ0) is 17.1. The van der Waals surface area contributed by atoms with Crippen LogP contribution in [0.15, 0.2) is 41.1 Å². The van der Waals surface area contributed by atoms with Gasteiger partial charge in [0, 0.05) is 31.4 Å². The fourth-order valence-electron chi connectivity index (χ4n) is 3.95. The van der Waals surface area contributed by atoms with Crippen molar-refractivity contribution in [3.8, 4) is 0 Å². The largest absolute Gasteiger partial charge is 0.465 e. The van der Waals surface area contributed by atoms with E-state index in [1.165, 1.54) is 0 Å². The molecule has 0 spiro atoms. The van der Waals surface area contributed by atoms with Crippen LogP contribution in [0.2, 0.25) is 0 Å². The maximum Gasteiger partial charge on any atom is 0.118 e. The normalized spacial score (nSPS) is 26.7. The minimum absolute atomic E-state index is 0.158. The summed E-state index contributed by atoms with van der Waals surface area (Å²) in [5, 5.41) is 0. The first-order valence-corrected chi connectivity index (χ1v) is 9.27. The quantitative estimate of drug-likeness (QED) is 0.807. The van der Waals surface area contributed by atoms with Gasteiger partial charge < -0.3 is 13.9 Å². The molecular formula is C20H26N2O3. The summed E-state index contributed by atoms with van der Waals surface area (Å²) in [5.41, 5.74) is 1.11. The zero-order valence-corrected chi connectivity index (χ0v) is 14.8. The first-order chi connectivity index (χ1) is 12.3. The van der Waals surface area contributed by atoms with Crippen LogP contribution < -0.4 is 0 Å². The van der Waals surface area contributed by atoms with Gasteiger partial charge >= 0.3 is 0 Å². The van der Waals surface area contributed by atoms with Gasteiger partial charge in [-0.1, -0.05) is 13.0 Å². The van der Waals surface area contributed by atoms with Crippen molar-refractivity contribution < 1.29 is 13.9 Å². The molecule has 1 saturated heterocycles. The number of pyridine rings is 1. The molecule has 25 heavy (non-hydrogen) atoms. The lowest BCUT2D eigenvalue weighted by atomic mass is 10.1. The zero-order valence-electron chi connectivity index (χ0n) is 14.8. The van der Waals surface area contributed by atoms with Crippen LogP contribution in [0.4, 0.5) is 0 Å². The van der Waals surface area contributed by atoms with E-state index in [1.54, 1.807) is 6.20 Å². The predicted octanol–water partition coefficient (Wildman–Crippen LogP) is 3.19. The number of ether oxygens (including phenoxy) is 2. The highest BCUT2D eigenvalue weighted by Crippen LogP contribution is 2.33. The number of fused-ring (bicyclic) bond motifs is 1. The second-order valence-corrected chi connectivity index (χ2v) is 6.88. The van der Waals surface area contributed by atoms with E-state index in [9.17, 15) is 0 Å². The van der Waals surface area contributed by atoms with E-state index in [4.69, 9.17) is 13.9 Å². The first kappa shape index (κ1) is 16.8. The summed E-state index contributed by atoms with van der Waals surface area (Å²) in [7, 11) is 0. The second kappa shape index (κ2) is 7.68. The smallest absolute Gasteiger partial charge is 0.118 e. The molecule has 134 valence electrons. The molecule has 2 aromatic heterocycles. The van der Waals surface area contributed by atoms with Crippen LogP contribution in [0.1, 0.15) is 36.8 Å². The van der Waals surface area contributed by atoms with E-state index in [1.807, 2.05) is 12.3 Å². The number of rotatable bonds is 6. The Bertz CT molecular complexity index is 673. The summed E-state index contributed by atoms with van der Waals surface area (Å²) in [5.74, 6) is 2.11. The third-order valence-electron chi connectivity index (χ3n) is 5.26. The lowest BCUT2D eigenvalue weighted by Crippen LogP contribution is -2.51. The monoisotopic (exact) mass is 342 g/mol. The molecule has 0 amide bonds. The molecule has 0 radical (unpaired) electrons. The summed E-state index contributed by atoms with van der Waals surface area (Å²) < 4.78 is 18.1. The molecule has 5 heteroatoms.